The first-order valence-corrected chi connectivity index (χ1v) is 7.76. The Morgan fingerprint density at radius 3 is 2.96 bits per heavy atom. The van der Waals surface area contributed by atoms with Crippen molar-refractivity contribution in [3.63, 3.8) is 0 Å². The summed E-state index contributed by atoms with van der Waals surface area (Å²) in [5, 5.41) is 0. The number of carbonyl (C=O) groups excluding carboxylic acids is 1. The number of nitrogens with zero attached hydrogens (tertiary/aromatic N) is 3. The Morgan fingerprint density at radius 2 is 2.09 bits per heavy atom. The van der Waals surface area contributed by atoms with Crippen LogP contribution in [0.2, 0.25) is 0 Å². The quantitative estimate of drug-likeness (QED) is 0.804. The molecule has 4 rings (SSSR count). The van der Waals surface area contributed by atoms with Crippen molar-refractivity contribution in [1.29, 1.82) is 0 Å². The first-order chi connectivity index (χ1) is 11.2. The van der Waals surface area contributed by atoms with E-state index in [0.717, 1.165) is 29.9 Å². The molecule has 0 saturated heterocycles. The lowest BCUT2D eigenvalue weighted by Gasteiger charge is -2.35. The molecule has 1 amide bonds. The molecule has 1 aliphatic heterocycles. The normalized spacial score (nSPS) is 18.0. The molecule has 0 aliphatic carbocycles. The Hall–Kier alpha value is -2.66. The van der Waals surface area contributed by atoms with E-state index in [9.17, 15) is 4.79 Å². The standard InChI is InChI=1S/C18H18N4O/c19-18(23)17-15-6-2-1-4-13(15)8-10-21(17)12-14-5-3-7-16-20-9-11-22(14)16/h1-7,9,11,17H,8,10,12H2,(H2,19,23). The maximum absolute atomic E-state index is 12.1. The third-order valence-corrected chi connectivity index (χ3v) is 4.53. The van der Waals surface area contributed by atoms with Gasteiger partial charge >= 0.3 is 0 Å². The van der Waals surface area contributed by atoms with E-state index in [1.54, 1.807) is 6.20 Å². The lowest BCUT2D eigenvalue weighted by atomic mass is 9.92. The summed E-state index contributed by atoms with van der Waals surface area (Å²) in [5.74, 6) is -0.296. The van der Waals surface area contributed by atoms with Crippen LogP contribution in [0.5, 0.6) is 0 Å². The molecule has 3 aromatic rings. The average Bonchev–Trinajstić information content (AvgIpc) is 3.04. The summed E-state index contributed by atoms with van der Waals surface area (Å²) in [7, 11) is 0. The number of amides is 1. The summed E-state index contributed by atoms with van der Waals surface area (Å²) in [6.45, 7) is 1.48. The van der Waals surface area contributed by atoms with Gasteiger partial charge in [-0.05, 0) is 29.7 Å². The van der Waals surface area contributed by atoms with Crippen LogP contribution >= 0.6 is 0 Å². The number of rotatable bonds is 3. The van der Waals surface area contributed by atoms with E-state index in [1.165, 1.54) is 5.56 Å². The van der Waals surface area contributed by atoms with Crippen molar-refractivity contribution in [2.45, 2.75) is 19.0 Å². The topological polar surface area (TPSA) is 63.6 Å². The monoisotopic (exact) mass is 306 g/mol. The van der Waals surface area contributed by atoms with E-state index in [2.05, 4.69) is 26.4 Å². The summed E-state index contributed by atoms with van der Waals surface area (Å²) in [6.07, 6.45) is 4.66. The number of benzene rings is 1. The number of primary amides is 1. The minimum absolute atomic E-state index is 0.296. The zero-order valence-electron chi connectivity index (χ0n) is 12.7. The van der Waals surface area contributed by atoms with Gasteiger partial charge in [0.25, 0.3) is 0 Å². The third-order valence-electron chi connectivity index (χ3n) is 4.53. The molecule has 0 saturated carbocycles. The summed E-state index contributed by atoms with van der Waals surface area (Å²) < 4.78 is 2.05. The van der Waals surface area contributed by atoms with E-state index < -0.39 is 0 Å². The Balaban J connectivity index is 1.71. The largest absolute Gasteiger partial charge is 0.368 e. The number of hydrogen-bond donors (Lipinski definition) is 1. The summed E-state index contributed by atoms with van der Waals surface area (Å²) in [5.41, 5.74) is 9.98. The lowest BCUT2D eigenvalue weighted by molar-refractivity contribution is -0.124. The number of carbonyl (C=O) groups is 1. The van der Waals surface area contributed by atoms with Crippen molar-refractivity contribution in [1.82, 2.24) is 14.3 Å². The minimum Gasteiger partial charge on any atom is -0.368 e. The molecule has 1 unspecified atom stereocenters. The van der Waals surface area contributed by atoms with Crippen LogP contribution in [0.1, 0.15) is 22.9 Å². The first kappa shape index (κ1) is 14.0. The predicted molar refractivity (Wildman–Crippen MR) is 87.7 cm³/mol. The van der Waals surface area contributed by atoms with Crippen LogP contribution in [0.4, 0.5) is 0 Å². The van der Waals surface area contributed by atoms with Gasteiger partial charge in [-0.15, -0.1) is 0 Å². The van der Waals surface area contributed by atoms with Gasteiger partial charge in [-0.1, -0.05) is 30.3 Å². The Bertz CT molecular complexity index is 870. The number of fused-ring (bicyclic) bond motifs is 2. The molecule has 0 spiro atoms. The SMILES string of the molecule is NC(=O)C1c2ccccc2CCN1Cc1cccc2nccn12. The van der Waals surface area contributed by atoms with Crippen LogP contribution in [-0.4, -0.2) is 26.7 Å². The molecule has 5 heteroatoms. The zero-order valence-corrected chi connectivity index (χ0v) is 12.7. The van der Waals surface area contributed by atoms with Gasteiger partial charge in [-0.25, -0.2) is 4.98 Å². The summed E-state index contributed by atoms with van der Waals surface area (Å²) >= 11 is 0. The van der Waals surface area contributed by atoms with Gasteiger partial charge in [0, 0.05) is 31.2 Å². The Morgan fingerprint density at radius 1 is 1.22 bits per heavy atom. The van der Waals surface area contributed by atoms with Gasteiger partial charge in [-0.3, -0.25) is 9.69 Å². The van der Waals surface area contributed by atoms with Crippen molar-refractivity contribution in [2.75, 3.05) is 6.54 Å². The van der Waals surface area contributed by atoms with Crippen LogP contribution in [0.15, 0.2) is 54.9 Å². The molecule has 116 valence electrons. The molecule has 2 aromatic heterocycles. The zero-order chi connectivity index (χ0) is 15.8. The Labute approximate surface area is 134 Å². The van der Waals surface area contributed by atoms with Crippen LogP contribution < -0.4 is 5.73 Å². The fraction of sp³-hybridized carbons (Fsp3) is 0.222. The molecular formula is C18H18N4O. The van der Waals surface area contributed by atoms with Gasteiger partial charge in [0.2, 0.25) is 5.91 Å². The van der Waals surface area contributed by atoms with Gasteiger partial charge < -0.3 is 10.1 Å². The summed E-state index contributed by atoms with van der Waals surface area (Å²) in [6, 6.07) is 13.7. The van der Waals surface area contributed by atoms with Crippen molar-refractivity contribution in [3.8, 4) is 0 Å². The van der Waals surface area contributed by atoms with Crippen LogP contribution in [0.25, 0.3) is 5.65 Å². The average molecular weight is 306 g/mol. The van der Waals surface area contributed by atoms with Crippen LogP contribution in [0.3, 0.4) is 0 Å². The highest BCUT2D eigenvalue weighted by Gasteiger charge is 2.31. The van der Waals surface area contributed by atoms with E-state index in [4.69, 9.17) is 5.73 Å². The second kappa shape index (κ2) is 5.52. The van der Waals surface area contributed by atoms with Crippen molar-refractivity contribution < 1.29 is 4.79 Å². The number of imidazole rings is 1. The molecule has 2 N–H and O–H groups in total. The van der Waals surface area contributed by atoms with Crippen molar-refractivity contribution in [2.24, 2.45) is 5.73 Å². The highest BCUT2D eigenvalue weighted by molar-refractivity contribution is 5.82. The highest BCUT2D eigenvalue weighted by Crippen LogP contribution is 2.30. The fourth-order valence-electron chi connectivity index (χ4n) is 3.47. The predicted octanol–water partition coefficient (Wildman–Crippen LogP) is 1.92. The van der Waals surface area contributed by atoms with Gasteiger partial charge in [-0.2, -0.15) is 0 Å². The fourth-order valence-corrected chi connectivity index (χ4v) is 3.47. The second-order valence-electron chi connectivity index (χ2n) is 5.90. The van der Waals surface area contributed by atoms with Crippen molar-refractivity contribution >= 4 is 11.6 Å². The van der Waals surface area contributed by atoms with Gasteiger partial charge in [0.1, 0.15) is 11.7 Å². The molecular weight excluding hydrogens is 288 g/mol. The molecule has 1 atom stereocenters. The first-order valence-electron chi connectivity index (χ1n) is 7.76. The molecule has 1 aromatic carbocycles. The van der Waals surface area contributed by atoms with Gasteiger partial charge in [0.15, 0.2) is 0 Å². The molecule has 0 fully saturated rings. The number of pyridine rings is 1. The van der Waals surface area contributed by atoms with E-state index in [-0.39, 0.29) is 11.9 Å². The number of aromatic nitrogens is 2. The molecule has 5 nitrogen and oxygen atoms in total. The second-order valence-corrected chi connectivity index (χ2v) is 5.90. The number of hydrogen-bond acceptors (Lipinski definition) is 3. The maximum atomic E-state index is 12.1. The molecule has 23 heavy (non-hydrogen) atoms. The molecule has 1 aliphatic rings. The Kier molecular flexibility index (Phi) is 3.35. The molecule has 0 radical (unpaired) electrons. The van der Waals surface area contributed by atoms with Crippen LogP contribution in [-0.2, 0) is 17.8 Å². The van der Waals surface area contributed by atoms with E-state index in [1.807, 2.05) is 36.5 Å². The van der Waals surface area contributed by atoms with E-state index >= 15 is 0 Å². The van der Waals surface area contributed by atoms with Crippen molar-refractivity contribution in [3.05, 3.63) is 71.7 Å². The molecule has 3 heterocycles. The summed E-state index contributed by atoms with van der Waals surface area (Å²) in [4.78, 5) is 18.6. The maximum Gasteiger partial charge on any atom is 0.239 e. The van der Waals surface area contributed by atoms with Crippen LogP contribution in [0, 0.1) is 0 Å². The van der Waals surface area contributed by atoms with Gasteiger partial charge in [0.05, 0.1) is 0 Å². The number of nitrogens with two attached hydrogens (primary N) is 1. The lowest BCUT2D eigenvalue weighted by Crippen LogP contribution is -2.42. The minimum atomic E-state index is -0.376. The molecule has 0 bridgehead atoms. The van der Waals surface area contributed by atoms with E-state index in [0.29, 0.717) is 6.54 Å². The highest BCUT2D eigenvalue weighted by atomic mass is 16.1. The third kappa shape index (κ3) is 2.39. The smallest absolute Gasteiger partial charge is 0.239 e.